The topological polar surface area (TPSA) is 103 Å². The van der Waals surface area contributed by atoms with Crippen molar-refractivity contribution in [2.75, 3.05) is 14.1 Å². The second-order valence-corrected chi connectivity index (χ2v) is 6.35. The number of benzene rings is 1. The Balaban J connectivity index is 2.44. The molecule has 0 radical (unpaired) electrons. The zero-order valence-corrected chi connectivity index (χ0v) is 13.1. The van der Waals surface area contributed by atoms with E-state index >= 15 is 0 Å². The fourth-order valence-corrected chi connectivity index (χ4v) is 3.09. The number of likely N-dealkylation sites (N-methyl/N-ethyl adjacent to an activating group) is 2. The van der Waals surface area contributed by atoms with Crippen molar-refractivity contribution in [3.8, 4) is 0 Å². The third-order valence-electron chi connectivity index (χ3n) is 3.45. The van der Waals surface area contributed by atoms with E-state index in [1.54, 1.807) is 43.5 Å². The first-order valence-corrected chi connectivity index (χ1v) is 8.07. The minimum atomic E-state index is -4.45. The molecule has 0 heterocycles. The molecule has 22 heavy (non-hydrogen) atoms. The Bertz CT molecular complexity index is 713. The van der Waals surface area contributed by atoms with Crippen molar-refractivity contribution in [3.05, 3.63) is 54.3 Å². The van der Waals surface area contributed by atoms with Crippen LogP contribution in [-0.2, 0) is 10.1 Å². The van der Waals surface area contributed by atoms with Gasteiger partial charge in [-0.1, -0.05) is 18.2 Å². The Hall–Kier alpha value is -2.03. The molecule has 1 aliphatic carbocycles. The van der Waals surface area contributed by atoms with Gasteiger partial charge in [-0.3, -0.25) is 9.87 Å². The van der Waals surface area contributed by atoms with Crippen molar-refractivity contribution >= 4 is 15.8 Å². The van der Waals surface area contributed by atoms with Gasteiger partial charge in [0.2, 0.25) is 0 Å². The van der Waals surface area contributed by atoms with E-state index < -0.39 is 21.0 Å². The van der Waals surface area contributed by atoms with E-state index in [9.17, 15) is 13.0 Å². The molecule has 1 aromatic rings. The van der Waals surface area contributed by atoms with Gasteiger partial charge >= 0.3 is 0 Å². The van der Waals surface area contributed by atoms with Crippen LogP contribution in [-0.4, -0.2) is 38.0 Å². The molecule has 2 atom stereocenters. The van der Waals surface area contributed by atoms with Gasteiger partial charge in [0, 0.05) is 12.7 Å². The number of hydrogen-bond donors (Lipinski definition) is 3. The third-order valence-corrected chi connectivity index (χ3v) is 4.88. The highest BCUT2D eigenvalue weighted by Gasteiger charge is 2.48. The van der Waals surface area contributed by atoms with Crippen LogP contribution in [0.2, 0.25) is 0 Å². The van der Waals surface area contributed by atoms with E-state index in [1.165, 1.54) is 13.1 Å². The molecule has 0 spiro atoms. The highest BCUT2D eigenvalue weighted by molar-refractivity contribution is 7.87. The summed E-state index contributed by atoms with van der Waals surface area (Å²) in [6.45, 7) is 0. The van der Waals surface area contributed by atoms with Crippen molar-refractivity contribution in [2.45, 2.75) is 10.9 Å². The predicted molar refractivity (Wildman–Crippen MR) is 84.4 cm³/mol. The first-order chi connectivity index (χ1) is 10.4. The molecular formula is C14H18N4O3S. The summed E-state index contributed by atoms with van der Waals surface area (Å²) in [5, 5.41) is 13.7. The predicted octanol–water partition coefficient (Wildman–Crippen LogP) is 1.62. The van der Waals surface area contributed by atoms with Gasteiger partial charge in [0.1, 0.15) is 6.04 Å². The van der Waals surface area contributed by atoms with Crippen LogP contribution in [0.25, 0.3) is 0 Å². The Morgan fingerprint density at radius 3 is 2.45 bits per heavy atom. The van der Waals surface area contributed by atoms with Crippen LogP contribution < -0.4 is 10.6 Å². The molecular weight excluding hydrogens is 304 g/mol. The van der Waals surface area contributed by atoms with Gasteiger partial charge in [-0.05, 0) is 37.4 Å². The van der Waals surface area contributed by atoms with Crippen LogP contribution in [0.15, 0.2) is 64.5 Å². The van der Waals surface area contributed by atoms with Crippen LogP contribution in [0.1, 0.15) is 0 Å². The molecule has 0 saturated heterocycles. The SMILES string of the molecule is CNC1=CC(N=Nc2ccccc2)C(NC)(S(=O)(=O)O)C=C1. The third kappa shape index (κ3) is 3.08. The van der Waals surface area contributed by atoms with Crippen LogP contribution >= 0.6 is 0 Å². The van der Waals surface area contributed by atoms with Crippen LogP contribution in [0.4, 0.5) is 5.69 Å². The van der Waals surface area contributed by atoms with Crippen molar-refractivity contribution in [3.63, 3.8) is 0 Å². The maximum atomic E-state index is 11.8. The zero-order chi connectivity index (χ0) is 16.2. The van der Waals surface area contributed by atoms with E-state index in [4.69, 9.17) is 0 Å². The average Bonchev–Trinajstić information content (AvgIpc) is 2.52. The highest BCUT2D eigenvalue weighted by Crippen LogP contribution is 2.29. The number of allylic oxidation sites excluding steroid dienone is 1. The summed E-state index contributed by atoms with van der Waals surface area (Å²) >= 11 is 0. The maximum Gasteiger partial charge on any atom is 0.290 e. The smallest absolute Gasteiger partial charge is 0.290 e. The lowest BCUT2D eigenvalue weighted by atomic mass is 10.0. The van der Waals surface area contributed by atoms with Crippen molar-refractivity contribution in [2.24, 2.45) is 10.2 Å². The Morgan fingerprint density at radius 1 is 1.23 bits per heavy atom. The Morgan fingerprint density at radius 2 is 1.91 bits per heavy atom. The normalized spacial score (nSPS) is 25.2. The fraction of sp³-hybridized carbons (Fsp3) is 0.286. The summed E-state index contributed by atoms with van der Waals surface area (Å²) in [5.74, 6) is 0. The summed E-state index contributed by atoms with van der Waals surface area (Å²) < 4.78 is 33.3. The van der Waals surface area contributed by atoms with Crippen LogP contribution in [0, 0.1) is 0 Å². The van der Waals surface area contributed by atoms with E-state index in [1.807, 2.05) is 6.07 Å². The van der Waals surface area contributed by atoms with Gasteiger partial charge in [-0.25, -0.2) is 0 Å². The number of hydrogen-bond acceptors (Lipinski definition) is 6. The minimum Gasteiger partial charge on any atom is -0.388 e. The fourth-order valence-electron chi connectivity index (χ4n) is 2.17. The Kier molecular flexibility index (Phi) is 4.74. The first-order valence-electron chi connectivity index (χ1n) is 6.63. The molecule has 0 bridgehead atoms. The van der Waals surface area contributed by atoms with E-state index in [0.29, 0.717) is 11.4 Å². The molecule has 2 rings (SSSR count). The molecule has 3 N–H and O–H groups in total. The number of azo groups is 1. The Labute approximate surface area is 129 Å². The zero-order valence-electron chi connectivity index (χ0n) is 12.3. The molecule has 0 aliphatic heterocycles. The van der Waals surface area contributed by atoms with E-state index in [2.05, 4.69) is 20.9 Å². The van der Waals surface area contributed by atoms with Crippen molar-refractivity contribution in [1.82, 2.24) is 10.6 Å². The summed E-state index contributed by atoms with van der Waals surface area (Å²) in [6, 6.07) is 8.03. The monoisotopic (exact) mass is 322 g/mol. The summed E-state index contributed by atoms with van der Waals surface area (Å²) in [6.07, 6.45) is 4.53. The van der Waals surface area contributed by atoms with Gasteiger partial charge in [-0.2, -0.15) is 18.6 Å². The van der Waals surface area contributed by atoms with Gasteiger partial charge < -0.3 is 5.32 Å². The molecule has 2 unspecified atom stereocenters. The lowest BCUT2D eigenvalue weighted by Gasteiger charge is -2.33. The summed E-state index contributed by atoms with van der Waals surface area (Å²) in [7, 11) is -1.29. The summed E-state index contributed by atoms with van der Waals surface area (Å²) in [4.78, 5) is -1.74. The number of nitrogens with one attached hydrogen (secondary N) is 2. The first kappa shape index (κ1) is 16.3. The average molecular weight is 322 g/mol. The number of rotatable bonds is 5. The highest BCUT2D eigenvalue weighted by atomic mass is 32.2. The molecule has 7 nitrogen and oxygen atoms in total. The van der Waals surface area contributed by atoms with Gasteiger partial charge in [0.05, 0.1) is 5.69 Å². The molecule has 1 aliphatic rings. The lowest BCUT2D eigenvalue weighted by molar-refractivity contribution is 0.404. The molecule has 0 aromatic heterocycles. The molecule has 8 heteroatoms. The standard InChI is InChI=1S/C14H18N4O3S/c1-15-12-8-9-14(16-2,22(19,20)21)13(10-12)18-17-11-6-4-3-5-7-11/h3-10,13,15-16H,1-2H3,(H,19,20,21). The minimum absolute atomic E-state index is 0.594. The molecule has 0 amide bonds. The van der Waals surface area contributed by atoms with E-state index in [0.717, 1.165) is 0 Å². The quantitative estimate of drug-likeness (QED) is 0.564. The van der Waals surface area contributed by atoms with Gasteiger partial charge in [-0.15, -0.1) is 0 Å². The number of nitrogens with zero attached hydrogens (tertiary/aromatic N) is 2. The van der Waals surface area contributed by atoms with E-state index in [-0.39, 0.29) is 0 Å². The molecule has 1 aromatic carbocycles. The van der Waals surface area contributed by atoms with Crippen LogP contribution in [0.5, 0.6) is 0 Å². The summed E-state index contributed by atoms with van der Waals surface area (Å²) in [5.41, 5.74) is 1.28. The maximum absolute atomic E-state index is 11.8. The second-order valence-electron chi connectivity index (χ2n) is 4.72. The van der Waals surface area contributed by atoms with Crippen LogP contribution in [0.3, 0.4) is 0 Å². The van der Waals surface area contributed by atoms with Gasteiger partial charge in [0.25, 0.3) is 10.1 Å². The lowest BCUT2D eigenvalue weighted by Crippen LogP contribution is -2.57. The molecule has 0 fully saturated rings. The largest absolute Gasteiger partial charge is 0.388 e. The second kappa shape index (κ2) is 6.39. The molecule has 118 valence electrons. The van der Waals surface area contributed by atoms with Crippen molar-refractivity contribution in [1.29, 1.82) is 0 Å². The van der Waals surface area contributed by atoms with Gasteiger partial charge in [0.15, 0.2) is 4.87 Å². The van der Waals surface area contributed by atoms with Crippen molar-refractivity contribution < 1.29 is 13.0 Å². The molecule has 0 saturated carbocycles.